The second-order valence-electron chi connectivity index (χ2n) is 4.53. The van der Waals surface area contributed by atoms with E-state index in [2.05, 4.69) is 10.3 Å². The minimum atomic E-state index is -0.0708. The van der Waals surface area contributed by atoms with Gasteiger partial charge in [0.2, 0.25) is 0 Å². The average molecular weight is 286 g/mol. The molecule has 2 rings (SSSR count). The summed E-state index contributed by atoms with van der Waals surface area (Å²) in [7, 11) is 0. The zero-order chi connectivity index (χ0) is 14.4. The van der Waals surface area contributed by atoms with Gasteiger partial charge >= 0.3 is 0 Å². The second-order valence-corrected chi connectivity index (χ2v) is 5.44. The number of rotatable bonds is 5. The van der Waals surface area contributed by atoms with Crippen LogP contribution in [0.5, 0.6) is 0 Å². The molecule has 0 saturated carbocycles. The predicted octanol–water partition coefficient (Wildman–Crippen LogP) is 3.22. The molecular formula is C16H18N2OS. The Morgan fingerprint density at radius 1 is 1.25 bits per heavy atom. The van der Waals surface area contributed by atoms with Gasteiger partial charge in [0.15, 0.2) is 0 Å². The van der Waals surface area contributed by atoms with Gasteiger partial charge in [0, 0.05) is 17.6 Å². The lowest BCUT2D eigenvalue weighted by atomic mass is 10.1. The molecule has 4 heteroatoms. The topological polar surface area (TPSA) is 42.0 Å². The fourth-order valence-electron chi connectivity index (χ4n) is 2.03. The maximum Gasteiger partial charge on any atom is 0.253 e. The van der Waals surface area contributed by atoms with Crippen molar-refractivity contribution in [2.45, 2.75) is 13.0 Å². The molecule has 1 amide bonds. The number of aryl methyl sites for hydroxylation is 1. The molecule has 0 saturated heterocycles. The highest BCUT2D eigenvalue weighted by molar-refractivity contribution is 7.98. The Morgan fingerprint density at radius 2 is 2.00 bits per heavy atom. The standard InChI is InChI=1S/C16H18N2OS/c1-12-14(9-6-10-17-12)16(19)18-15(11-20-2)13-7-4-3-5-8-13/h3-10,15H,11H2,1-2H3,(H,18,19)/t15-/m0/s1. The van der Waals surface area contributed by atoms with Crippen molar-refractivity contribution in [3.05, 3.63) is 65.5 Å². The van der Waals surface area contributed by atoms with Crippen molar-refractivity contribution >= 4 is 17.7 Å². The van der Waals surface area contributed by atoms with Crippen molar-refractivity contribution < 1.29 is 4.79 Å². The number of hydrogen-bond acceptors (Lipinski definition) is 3. The lowest BCUT2D eigenvalue weighted by Gasteiger charge is -2.18. The summed E-state index contributed by atoms with van der Waals surface area (Å²) in [6.07, 6.45) is 3.74. The Morgan fingerprint density at radius 3 is 2.65 bits per heavy atom. The summed E-state index contributed by atoms with van der Waals surface area (Å²) in [6.45, 7) is 1.85. The zero-order valence-corrected chi connectivity index (χ0v) is 12.5. The molecule has 20 heavy (non-hydrogen) atoms. The summed E-state index contributed by atoms with van der Waals surface area (Å²) in [5.74, 6) is 0.771. The number of hydrogen-bond donors (Lipinski definition) is 1. The van der Waals surface area contributed by atoms with E-state index >= 15 is 0 Å². The third-order valence-electron chi connectivity index (χ3n) is 3.09. The molecule has 0 unspecified atom stereocenters. The zero-order valence-electron chi connectivity index (χ0n) is 11.7. The summed E-state index contributed by atoms with van der Waals surface area (Å²) in [5, 5.41) is 3.09. The van der Waals surface area contributed by atoms with E-state index in [1.807, 2.05) is 43.5 Å². The number of carbonyl (C=O) groups excluding carboxylic acids is 1. The summed E-state index contributed by atoms with van der Waals surface area (Å²) in [5.41, 5.74) is 2.51. The Bertz CT molecular complexity index is 572. The molecule has 2 aromatic rings. The van der Waals surface area contributed by atoms with Gasteiger partial charge in [-0.3, -0.25) is 9.78 Å². The molecule has 104 valence electrons. The fraction of sp³-hybridized carbons (Fsp3) is 0.250. The molecule has 0 bridgehead atoms. The van der Waals surface area contributed by atoms with Gasteiger partial charge in [-0.2, -0.15) is 11.8 Å². The van der Waals surface area contributed by atoms with Crippen molar-refractivity contribution in [1.29, 1.82) is 0 Å². The van der Waals surface area contributed by atoms with Crippen molar-refractivity contribution in [3.63, 3.8) is 0 Å². The maximum absolute atomic E-state index is 12.4. The van der Waals surface area contributed by atoms with E-state index in [1.165, 1.54) is 0 Å². The van der Waals surface area contributed by atoms with Crippen LogP contribution >= 0.6 is 11.8 Å². The number of benzene rings is 1. The first-order chi connectivity index (χ1) is 9.72. The van der Waals surface area contributed by atoms with Crippen LogP contribution in [0.4, 0.5) is 0 Å². The quantitative estimate of drug-likeness (QED) is 0.917. The largest absolute Gasteiger partial charge is 0.344 e. The number of nitrogens with zero attached hydrogens (tertiary/aromatic N) is 1. The highest BCUT2D eigenvalue weighted by Gasteiger charge is 2.16. The Balaban J connectivity index is 2.17. The van der Waals surface area contributed by atoms with Crippen LogP contribution < -0.4 is 5.32 Å². The van der Waals surface area contributed by atoms with Gasteiger partial charge in [0.1, 0.15) is 0 Å². The van der Waals surface area contributed by atoms with Gasteiger partial charge in [-0.15, -0.1) is 0 Å². The van der Waals surface area contributed by atoms with E-state index < -0.39 is 0 Å². The van der Waals surface area contributed by atoms with Crippen LogP contribution in [0.3, 0.4) is 0 Å². The number of pyridine rings is 1. The van der Waals surface area contributed by atoms with Crippen LogP contribution in [0.15, 0.2) is 48.7 Å². The molecule has 1 atom stereocenters. The van der Waals surface area contributed by atoms with Crippen LogP contribution in [0.25, 0.3) is 0 Å². The van der Waals surface area contributed by atoms with E-state index in [-0.39, 0.29) is 11.9 Å². The third-order valence-corrected chi connectivity index (χ3v) is 3.76. The van der Waals surface area contributed by atoms with Gasteiger partial charge < -0.3 is 5.32 Å². The molecule has 0 radical (unpaired) electrons. The summed E-state index contributed by atoms with van der Waals surface area (Å²) in [6, 6.07) is 13.6. The summed E-state index contributed by atoms with van der Waals surface area (Å²) in [4.78, 5) is 16.5. The van der Waals surface area contributed by atoms with Gasteiger partial charge in [0.05, 0.1) is 11.6 Å². The van der Waals surface area contributed by atoms with Gasteiger partial charge in [-0.1, -0.05) is 30.3 Å². The smallest absolute Gasteiger partial charge is 0.253 e. The third kappa shape index (κ3) is 3.61. The minimum absolute atomic E-state index is 0.0123. The fourth-order valence-corrected chi connectivity index (χ4v) is 2.64. The Labute approximate surface area is 123 Å². The number of carbonyl (C=O) groups is 1. The van der Waals surface area contributed by atoms with Gasteiger partial charge in [-0.05, 0) is 30.9 Å². The SMILES string of the molecule is CSC[C@H](NC(=O)c1cccnc1C)c1ccccc1. The van der Waals surface area contributed by atoms with Crippen LogP contribution in [0.2, 0.25) is 0 Å². The molecule has 0 spiro atoms. The van der Waals surface area contributed by atoms with Crippen LogP contribution in [0.1, 0.15) is 27.7 Å². The molecule has 1 aromatic carbocycles. The number of aromatic nitrogens is 1. The van der Waals surface area contributed by atoms with Gasteiger partial charge in [0.25, 0.3) is 5.91 Å². The molecule has 0 aliphatic carbocycles. The van der Waals surface area contributed by atoms with Crippen molar-refractivity contribution in [1.82, 2.24) is 10.3 Å². The highest BCUT2D eigenvalue weighted by atomic mass is 32.2. The van der Waals surface area contributed by atoms with Gasteiger partial charge in [-0.25, -0.2) is 0 Å². The minimum Gasteiger partial charge on any atom is -0.344 e. The molecule has 3 nitrogen and oxygen atoms in total. The monoisotopic (exact) mass is 286 g/mol. The molecule has 1 aromatic heterocycles. The molecule has 0 fully saturated rings. The van der Waals surface area contributed by atoms with Crippen LogP contribution in [-0.4, -0.2) is 22.9 Å². The molecule has 1 heterocycles. The second kappa shape index (κ2) is 7.10. The Hall–Kier alpha value is -1.81. The average Bonchev–Trinajstić information content (AvgIpc) is 2.48. The first kappa shape index (κ1) is 14.6. The lowest BCUT2D eigenvalue weighted by Crippen LogP contribution is -2.30. The van der Waals surface area contributed by atoms with Crippen LogP contribution in [-0.2, 0) is 0 Å². The van der Waals surface area contributed by atoms with Crippen molar-refractivity contribution in [3.8, 4) is 0 Å². The number of thioether (sulfide) groups is 1. The van der Waals surface area contributed by atoms with Crippen molar-refractivity contribution in [2.24, 2.45) is 0 Å². The van der Waals surface area contributed by atoms with E-state index in [4.69, 9.17) is 0 Å². The molecule has 0 aliphatic heterocycles. The highest BCUT2D eigenvalue weighted by Crippen LogP contribution is 2.18. The Kier molecular flexibility index (Phi) is 5.18. The van der Waals surface area contributed by atoms with E-state index in [0.29, 0.717) is 5.56 Å². The van der Waals surface area contributed by atoms with Crippen molar-refractivity contribution in [2.75, 3.05) is 12.0 Å². The first-order valence-corrected chi connectivity index (χ1v) is 7.88. The summed E-state index contributed by atoms with van der Waals surface area (Å²) >= 11 is 1.72. The van der Waals surface area contributed by atoms with E-state index in [1.54, 1.807) is 30.1 Å². The predicted molar refractivity (Wildman–Crippen MR) is 84.0 cm³/mol. The lowest BCUT2D eigenvalue weighted by molar-refractivity contribution is 0.0939. The number of amides is 1. The molecule has 0 aliphatic rings. The summed E-state index contributed by atoms with van der Waals surface area (Å²) < 4.78 is 0. The van der Waals surface area contributed by atoms with E-state index in [9.17, 15) is 4.79 Å². The van der Waals surface area contributed by atoms with E-state index in [0.717, 1.165) is 17.0 Å². The number of nitrogens with one attached hydrogen (secondary N) is 1. The normalized spacial score (nSPS) is 11.9. The first-order valence-electron chi connectivity index (χ1n) is 6.48. The molecule has 1 N–H and O–H groups in total. The molecular weight excluding hydrogens is 268 g/mol. The van der Waals surface area contributed by atoms with Crippen LogP contribution in [0, 0.1) is 6.92 Å². The maximum atomic E-state index is 12.4.